The number of amides is 1. The molecule has 0 aromatic carbocycles. The third-order valence-corrected chi connectivity index (χ3v) is 5.19. The highest BCUT2D eigenvalue weighted by molar-refractivity contribution is 5.85. The van der Waals surface area contributed by atoms with Crippen molar-refractivity contribution < 1.29 is 4.79 Å². The van der Waals surface area contributed by atoms with Gasteiger partial charge in [-0.1, -0.05) is 13.3 Å². The first-order chi connectivity index (χ1) is 9.24. The fraction of sp³-hybridized carbons (Fsp3) is 0.938. The van der Waals surface area contributed by atoms with Gasteiger partial charge < -0.3 is 10.2 Å². The zero-order chi connectivity index (χ0) is 13.7. The van der Waals surface area contributed by atoms with E-state index in [2.05, 4.69) is 17.1 Å². The molecule has 0 aromatic heterocycles. The topological polar surface area (TPSA) is 32.3 Å². The fourth-order valence-electron chi connectivity index (χ4n) is 3.72. The minimum atomic E-state index is 0. The maximum Gasteiger partial charge on any atom is 0.225 e. The van der Waals surface area contributed by atoms with E-state index in [9.17, 15) is 4.79 Å². The summed E-state index contributed by atoms with van der Waals surface area (Å²) in [5.74, 6) is 2.44. The lowest BCUT2D eigenvalue weighted by molar-refractivity contribution is -0.138. The van der Waals surface area contributed by atoms with Gasteiger partial charge in [0, 0.05) is 19.0 Å². The molecule has 1 amide bonds. The lowest BCUT2D eigenvalue weighted by atomic mass is 9.80. The Morgan fingerprint density at radius 1 is 1.05 bits per heavy atom. The van der Waals surface area contributed by atoms with Crippen LogP contribution >= 0.6 is 12.4 Å². The minimum absolute atomic E-state index is 0. The maximum absolute atomic E-state index is 12.5. The van der Waals surface area contributed by atoms with E-state index < -0.39 is 0 Å². The van der Waals surface area contributed by atoms with Crippen molar-refractivity contribution in [2.45, 2.75) is 51.9 Å². The van der Waals surface area contributed by atoms with E-state index in [0.717, 1.165) is 44.3 Å². The van der Waals surface area contributed by atoms with Crippen LogP contribution in [0.5, 0.6) is 0 Å². The summed E-state index contributed by atoms with van der Waals surface area (Å²) in [5.41, 5.74) is 0. The third kappa shape index (κ3) is 4.63. The molecular formula is C16H31ClN2O. The second-order valence-electron chi connectivity index (χ2n) is 6.45. The Morgan fingerprint density at radius 3 is 2.15 bits per heavy atom. The highest BCUT2D eigenvalue weighted by Gasteiger charge is 2.30. The summed E-state index contributed by atoms with van der Waals surface area (Å²) in [6, 6.07) is 0. The van der Waals surface area contributed by atoms with Gasteiger partial charge in [0.1, 0.15) is 0 Å². The molecule has 0 bridgehead atoms. The quantitative estimate of drug-likeness (QED) is 0.865. The molecule has 0 spiro atoms. The number of hydrogen-bond donors (Lipinski definition) is 1. The van der Waals surface area contributed by atoms with Crippen molar-refractivity contribution in [3.63, 3.8) is 0 Å². The number of nitrogens with one attached hydrogen (secondary N) is 1. The molecule has 0 unspecified atom stereocenters. The summed E-state index contributed by atoms with van der Waals surface area (Å²) in [4.78, 5) is 14.7. The zero-order valence-corrected chi connectivity index (χ0v) is 13.9. The van der Waals surface area contributed by atoms with Crippen molar-refractivity contribution in [1.82, 2.24) is 10.2 Å². The summed E-state index contributed by atoms with van der Waals surface area (Å²) in [7, 11) is 2.02. The van der Waals surface area contributed by atoms with Crippen molar-refractivity contribution in [3.8, 4) is 0 Å². The summed E-state index contributed by atoms with van der Waals surface area (Å²) < 4.78 is 0. The van der Waals surface area contributed by atoms with Crippen molar-refractivity contribution >= 4 is 18.3 Å². The third-order valence-electron chi connectivity index (χ3n) is 5.19. The monoisotopic (exact) mass is 302 g/mol. The number of piperidine rings is 1. The van der Waals surface area contributed by atoms with Gasteiger partial charge in [-0.3, -0.25) is 4.79 Å². The molecule has 1 aliphatic heterocycles. The van der Waals surface area contributed by atoms with Gasteiger partial charge in [0.05, 0.1) is 0 Å². The predicted molar refractivity (Wildman–Crippen MR) is 86.2 cm³/mol. The van der Waals surface area contributed by atoms with Crippen LogP contribution in [0.4, 0.5) is 0 Å². The first-order valence-electron chi connectivity index (χ1n) is 8.18. The van der Waals surface area contributed by atoms with Crippen LogP contribution in [0.1, 0.15) is 51.9 Å². The van der Waals surface area contributed by atoms with Crippen LogP contribution in [-0.4, -0.2) is 37.5 Å². The van der Waals surface area contributed by atoms with Gasteiger partial charge in [0.25, 0.3) is 0 Å². The molecule has 1 aliphatic carbocycles. The SMILES string of the molecule is CCC1CCC(C(=O)N2CCC(CNC)CC2)CC1.Cl. The lowest BCUT2D eigenvalue weighted by Crippen LogP contribution is -2.43. The predicted octanol–water partition coefficient (Wildman–Crippen LogP) is 3.08. The molecule has 1 saturated carbocycles. The smallest absolute Gasteiger partial charge is 0.225 e. The molecule has 1 saturated heterocycles. The van der Waals surface area contributed by atoms with Gasteiger partial charge in [-0.2, -0.15) is 0 Å². The van der Waals surface area contributed by atoms with Crippen LogP contribution in [-0.2, 0) is 4.79 Å². The minimum Gasteiger partial charge on any atom is -0.342 e. The van der Waals surface area contributed by atoms with Crippen LogP contribution < -0.4 is 5.32 Å². The summed E-state index contributed by atoms with van der Waals surface area (Å²) >= 11 is 0. The summed E-state index contributed by atoms with van der Waals surface area (Å²) in [5, 5.41) is 3.25. The van der Waals surface area contributed by atoms with E-state index >= 15 is 0 Å². The summed E-state index contributed by atoms with van der Waals surface area (Å²) in [6.07, 6.45) is 8.44. The Labute approximate surface area is 130 Å². The number of carbonyl (C=O) groups excluding carboxylic acids is 1. The Kier molecular flexibility index (Phi) is 7.90. The summed E-state index contributed by atoms with van der Waals surface area (Å²) in [6.45, 7) is 5.35. The Hall–Kier alpha value is -0.280. The van der Waals surface area contributed by atoms with Gasteiger partial charge in [-0.15, -0.1) is 12.4 Å². The van der Waals surface area contributed by atoms with Crippen LogP contribution in [0.25, 0.3) is 0 Å². The first-order valence-corrected chi connectivity index (χ1v) is 8.18. The zero-order valence-electron chi connectivity index (χ0n) is 13.1. The molecule has 118 valence electrons. The molecule has 0 aromatic rings. The van der Waals surface area contributed by atoms with Crippen LogP contribution in [0, 0.1) is 17.8 Å². The molecule has 1 heterocycles. The molecule has 0 radical (unpaired) electrons. The largest absolute Gasteiger partial charge is 0.342 e. The number of hydrogen-bond acceptors (Lipinski definition) is 2. The number of carbonyl (C=O) groups is 1. The van der Waals surface area contributed by atoms with Gasteiger partial charge in [-0.25, -0.2) is 0 Å². The lowest BCUT2D eigenvalue weighted by Gasteiger charge is -2.36. The number of halogens is 1. The van der Waals surface area contributed by atoms with E-state index in [0.29, 0.717) is 11.8 Å². The molecule has 1 N–H and O–H groups in total. The van der Waals surface area contributed by atoms with Crippen molar-refractivity contribution in [2.75, 3.05) is 26.7 Å². The van der Waals surface area contributed by atoms with Crippen molar-refractivity contribution in [1.29, 1.82) is 0 Å². The van der Waals surface area contributed by atoms with Gasteiger partial charge >= 0.3 is 0 Å². The average molecular weight is 303 g/mol. The number of rotatable bonds is 4. The van der Waals surface area contributed by atoms with Crippen LogP contribution in [0.3, 0.4) is 0 Å². The second-order valence-corrected chi connectivity index (χ2v) is 6.45. The van der Waals surface area contributed by atoms with Gasteiger partial charge in [0.2, 0.25) is 5.91 Å². The molecule has 2 fully saturated rings. The molecule has 2 rings (SSSR count). The Balaban J connectivity index is 0.00000200. The first kappa shape index (κ1) is 17.8. The Morgan fingerprint density at radius 2 is 1.65 bits per heavy atom. The van der Waals surface area contributed by atoms with E-state index in [1.807, 2.05) is 7.05 Å². The van der Waals surface area contributed by atoms with Gasteiger partial charge in [-0.05, 0) is 64.0 Å². The van der Waals surface area contributed by atoms with Crippen LogP contribution in [0.15, 0.2) is 0 Å². The molecule has 3 nitrogen and oxygen atoms in total. The Bertz CT molecular complexity index is 282. The van der Waals surface area contributed by atoms with Gasteiger partial charge in [0.15, 0.2) is 0 Å². The second kappa shape index (κ2) is 8.89. The van der Waals surface area contributed by atoms with E-state index in [1.54, 1.807) is 0 Å². The molecule has 4 heteroatoms. The molecule has 0 atom stereocenters. The van der Waals surface area contributed by atoms with E-state index in [-0.39, 0.29) is 12.4 Å². The van der Waals surface area contributed by atoms with Crippen molar-refractivity contribution in [2.24, 2.45) is 17.8 Å². The average Bonchev–Trinajstić information content (AvgIpc) is 2.48. The highest BCUT2D eigenvalue weighted by atomic mass is 35.5. The number of nitrogens with zero attached hydrogens (tertiary/aromatic N) is 1. The standard InChI is InChI=1S/C16H30N2O.ClH/c1-3-13-4-6-15(7-5-13)16(19)18-10-8-14(9-11-18)12-17-2;/h13-15,17H,3-12H2,1-2H3;1H. The molecule has 2 aliphatic rings. The van der Waals surface area contributed by atoms with Crippen LogP contribution in [0.2, 0.25) is 0 Å². The normalized spacial score (nSPS) is 28.0. The van der Waals surface area contributed by atoms with E-state index in [1.165, 1.54) is 32.1 Å². The molecule has 20 heavy (non-hydrogen) atoms. The highest BCUT2D eigenvalue weighted by Crippen LogP contribution is 2.32. The van der Waals surface area contributed by atoms with E-state index in [4.69, 9.17) is 0 Å². The fourth-order valence-corrected chi connectivity index (χ4v) is 3.72. The molecular weight excluding hydrogens is 272 g/mol. The number of likely N-dealkylation sites (tertiary alicyclic amines) is 1. The van der Waals surface area contributed by atoms with Crippen molar-refractivity contribution in [3.05, 3.63) is 0 Å². The maximum atomic E-state index is 12.5.